The molecule has 1 N–H and O–H groups in total. The summed E-state index contributed by atoms with van der Waals surface area (Å²) in [6, 6.07) is 8.16. The molecule has 2 fully saturated rings. The first kappa shape index (κ1) is 24.3. The van der Waals surface area contributed by atoms with E-state index in [4.69, 9.17) is 4.74 Å². The van der Waals surface area contributed by atoms with Crippen LogP contribution in [0.25, 0.3) is 10.9 Å². The SMILES string of the molecule is COc1ccc2nccc(CCC[C@@H]3CCN(CCSC4CCCC4)C[C@@H]3CC(=O)O)c2c1. The highest BCUT2D eigenvalue weighted by atomic mass is 32.2. The Morgan fingerprint density at radius 2 is 2.06 bits per heavy atom. The van der Waals surface area contributed by atoms with Crippen molar-refractivity contribution in [3.05, 3.63) is 36.0 Å². The average Bonchev–Trinajstić information content (AvgIpc) is 3.33. The number of rotatable bonds is 11. The Bertz CT molecular complexity index is 915. The van der Waals surface area contributed by atoms with Gasteiger partial charge in [-0.15, -0.1) is 0 Å². The first-order chi connectivity index (χ1) is 16.1. The average molecular weight is 471 g/mol. The molecule has 2 aliphatic rings. The van der Waals surface area contributed by atoms with Crippen molar-refractivity contribution in [3.8, 4) is 5.75 Å². The molecule has 1 aromatic heterocycles. The maximum absolute atomic E-state index is 11.6. The second kappa shape index (κ2) is 12.1. The summed E-state index contributed by atoms with van der Waals surface area (Å²) in [5.74, 6) is 2.16. The van der Waals surface area contributed by atoms with Crippen LogP contribution in [-0.2, 0) is 11.2 Å². The first-order valence-corrected chi connectivity index (χ1v) is 13.6. The van der Waals surface area contributed by atoms with Gasteiger partial charge < -0.3 is 14.7 Å². The third-order valence-electron chi connectivity index (χ3n) is 7.54. The van der Waals surface area contributed by atoms with E-state index in [9.17, 15) is 9.90 Å². The van der Waals surface area contributed by atoms with Gasteiger partial charge in [-0.3, -0.25) is 9.78 Å². The monoisotopic (exact) mass is 470 g/mol. The third-order valence-corrected chi connectivity index (χ3v) is 8.90. The zero-order valence-electron chi connectivity index (χ0n) is 19.9. The number of benzene rings is 1. The summed E-state index contributed by atoms with van der Waals surface area (Å²) in [7, 11) is 1.69. The minimum atomic E-state index is -0.653. The van der Waals surface area contributed by atoms with E-state index in [1.54, 1.807) is 7.11 Å². The number of methoxy groups -OCH3 is 1. The molecule has 0 radical (unpaired) electrons. The molecule has 5 nitrogen and oxygen atoms in total. The Labute approximate surface area is 202 Å². The van der Waals surface area contributed by atoms with Crippen molar-refractivity contribution in [2.45, 2.75) is 63.0 Å². The number of likely N-dealkylation sites (tertiary alicyclic amines) is 1. The normalized spacial score (nSPS) is 22.1. The quantitative estimate of drug-likeness (QED) is 0.458. The Kier molecular flexibility index (Phi) is 8.90. The van der Waals surface area contributed by atoms with Crippen molar-refractivity contribution in [2.75, 3.05) is 32.5 Å². The van der Waals surface area contributed by atoms with Gasteiger partial charge in [0.15, 0.2) is 0 Å². The summed E-state index contributed by atoms with van der Waals surface area (Å²) in [5.41, 5.74) is 2.30. The predicted octanol–water partition coefficient (Wildman–Crippen LogP) is 5.65. The van der Waals surface area contributed by atoms with Gasteiger partial charge in [0.25, 0.3) is 0 Å². The summed E-state index contributed by atoms with van der Waals surface area (Å²) in [5, 5.41) is 11.5. The molecule has 2 aromatic rings. The summed E-state index contributed by atoms with van der Waals surface area (Å²) < 4.78 is 5.41. The van der Waals surface area contributed by atoms with Crippen LogP contribution in [-0.4, -0.2) is 58.7 Å². The molecule has 4 rings (SSSR count). The van der Waals surface area contributed by atoms with Crippen LogP contribution in [0, 0.1) is 11.8 Å². The molecule has 0 unspecified atom stereocenters. The van der Waals surface area contributed by atoms with Crippen molar-refractivity contribution < 1.29 is 14.6 Å². The number of aromatic nitrogens is 1. The predicted molar refractivity (Wildman–Crippen MR) is 136 cm³/mol. The van der Waals surface area contributed by atoms with E-state index >= 15 is 0 Å². The standard InChI is InChI=1S/C27H38N2O3S/c1-32-23-9-10-26-25(18-23)21(11-13-28-26)6-4-5-20-12-14-29(19-22(20)17-27(30)31)15-16-33-24-7-2-3-8-24/h9-11,13,18,20,22,24H,2-8,12,14-17,19H2,1H3,(H,30,31)/t20-,22+/m1/s1. The fraction of sp³-hybridized carbons (Fsp3) is 0.630. The number of carboxylic acids is 1. The van der Waals surface area contributed by atoms with E-state index < -0.39 is 5.97 Å². The van der Waals surface area contributed by atoms with Crippen molar-refractivity contribution >= 4 is 28.6 Å². The van der Waals surface area contributed by atoms with Gasteiger partial charge in [0.05, 0.1) is 12.6 Å². The van der Waals surface area contributed by atoms with E-state index in [0.717, 1.165) is 67.2 Å². The number of fused-ring (bicyclic) bond motifs is 1. The molecule has 0 amide bonds. The number of hydrogen-bond donors (Lipinski definition) is 1. The summed E-state index contributed by atoms with van der Waals surface area (Å²) in [4.78, 5) is 18.6. The minimum Gasteiger partial charge on any atom is -0.497 e. The smallest absolute Gasteiger partial charge is 0.303 e. The van der Waals surface area contributed by atoms with E-state index in [1.807, 2.05) is 18.3 Å². The Morgan fingerprint density at radius 3 is 2.85 bits per heavy atom. The Morgan fingerprint density at radius 1 is 1.21 bits per heavy atom. The van der Waals surface area contributed by atoms with Crippen LogP contribution in [0.5, 0.6) is 5.75 Å². The van der Waals surface area contributed by atoms with Crippen molar-refractivity contribution in [1.82, 2.24) is 9.88 Å². The molecule has 1 saturated heterocycles. The zero-order chi connectivity index (χ0) is 23.0. The number of carboxylic acid groups (broad SMARTS) is 1. The van der Waals surface area contributed by atoms with Crippen LogP contribution in [0.3, 0.4) is 0 Å². The molecule has 180 valence electrons. The maximum atomic E-state index is 11.6. The van der Waals surface area contributed by atoms with E-state index in [-0.39, 0.29) is 5.92 Å². The molecule has 2 atom stereocenters. The molecule has 1 aliphatic carbocycles. The third kappa shape index (κ3) is 6.86. The molecule has 2 heterocycles. The lowest BCUT2D eigenvalue weighted by Gasteiger charge is -2.38. The van der Waals surface area contributed by atoms with Gasteiger partial charge >= 0.3 is 5.97 Å². The van der Waals surface area contributed by atoms with Crippen molar-refractivity contribution in [3.63, 3.8) is 0 Å². The molecule has 1 aromatic carbocycles. The minimum absolute atomic E-state index is 0.266. The van der Waals surface area contributed by atoms with Gasteiger partial charge in [0.1, 0.15) is 5.75 Å². The number of pyridine rings is 1. The van der Waals surface area contributed by atoms with Crippen LogP contribution >= 0.6 is 11.8 Å². The Hall–Kier alpha value is -1.79. The second-order valence-electron chi connectivity index (χ2n) is 9.73. The largest absolute Gasteiger partial charge is 0.497 e. The number of carbonyl (C=O) groups is 1. The van der Waals surface area contributed by atoms with E-state index in [1.165, 1.54) is 37.0 Å². The Balaban J connectivity index is 1.29. The molecular formula is C27H38N2O3S. The lowest BCUT2D eigenvalue weighted by Crippen LogP contribution is -2.42. The van der Waals surface area contributed by atoms with Crippen LogP contribution in [0.1, 0.15) is 56.9 Å². The molecule has 6 heteroatoms. The van der Waals surface area contributed by atoms with Gasteiger partial charge in [-0.1, -0.05) is 12.8 Å². The molecule has 0 bridgehead atoms. The van der Waals surface area contributed by atoms with Crippen LogP contribution in [0.15, 0.2) is 30.5 Å². The highest BCUT2D eigenvalue weighted by molar-refractivity contribution is 7.99. The van der Waals surface area contributed by atoms with Crippen LogP contribution < -0.4 is 4.74 Å². The number of nitrogens with zero attached hydrogens (tertiary/aromatic N) is 2. The van der Waals surface area contributed by atoms with Crippen molar-refractivity contribution in [1.29, 1.82) is 0 Å². The second-order valence-corrected chi connectivity index (χ2v) is 11.1. The summed E-state index contributed by atoms with van der Waals surface area (Å²) in [6.45, 7) is 3.16. The summed E-state index contributed by atoms with van der Waals surface area (Å²) >= 11 is 2.14. The fourth-order valence-electron chi connectivity index (χ4n) is 5.68. The van der Waals surface area contributed by atoms with Gasteiger partial charge in [-0.2, -0.15) is 11.8 Å². The summed E-state index contributed by atoms with van der Waals surface area (Å²) in [6.07, 6.45) is 12.0. The number of thioether (sulfide) groups is 1. The number of hydrogen-bond acceptors (Lipinski definition) is 5. The lowest BCUT2D eigenvalue weighted by molar-refractivity contribution is -0.139. The maximum Gasteiger partial charge on any atom is 0.303 e. The first-order valence-electron chi connectivity index (χ1n) is 12.6. The number of aryl methyl sites for hydroxylation is 1. The lowest BCUT2D eigenvalue weighted by atomic mass is 9.80. The van der Waals surface area contributed by atoms with Gasteiger partial charge in [0.2, 0.25) is 0 Å². The number of ether oxygens (including phenoxy) is 1. The highest BCUT2D eigenvalue weighted by Crippen LogP contribution is 2.33. The topological polar surface area (TPSA) is 62.7 Å². The van der Waals surface area contributed by atoms with Crippen molar-refractivity contribution in [2.24, 2.45) is 11.8 Å². The van der Waals surface area contributed by atoms with Crippen LogP contribution in [0.4, 0.5) is 0 Å². The number of aliphatic carboxylic acids is 1. The van der Waals surface area contributed by atoms with Gasteiger partial charge in [-0.05, 0) is 86.7 Å². The molecule has 1 aliphatic heterocycles. The van der Waals surface area contributed by atoms with Crippen LogP contribution in [0.2, 0.25) is 0 Å². The van der Waals surface area contributed by atoms with Gasteiger partial charge in [0, 0.05) is 42.1 Å². The number of piperidine rings is 1. The zero-order valence-corrected chi connectivity index (χ0v) is 20.7. The van der Waals surface area contributed by atoms with E-state index in [0.29, 0.717) is 12.3 Å². The fourth-order valence-corrected chi connectivity index (χ4v) is 7.04. The molecule has 1 saturated carbocycles. The van der Waals surface area contributed by atoms with Gasteiger partial charge in [-0.25, -0.2) is 0 Å². The molecular weight excluding hydrogens is 432 g/mol. The molecule has 33 heavy (non-hydrogen) atoms. The molecule has 0 spiro atoms. The van der Waals surface area contributed by atoms with E-state index in [2.05, 4.69) is 33.8 Å². The highest BCUT2D eigenvalue weighted by Gasteiger charge is 2.30.